The van der Waals surface area contributed by atoms with Gasteiger partial charge in [0.05, 0.1) is 11.0 Å². The van der Waals surface area contributed by atoms with Gasteiger partial charge in [-0.1, -0.05) is 36.4 Å². The zero-order chi connectivity index (χ0) is 22.2. The van der Waals surface area contributed by atoms with Crippen LogP contribution in [0.5, 0.6) is 0 Å². The highest BCUT2D eigenvalue weighted by atomic mass is 15.0. The van der Waals surface area contributed by atoms with Crippen molar-refractivity contribution in [3.05, 3.63) is 95.1 Å². The fourth-order valence-electron chi connectivity index (χ4n) is 4.18. The van der Waals surface area contributed by atoms with Gasteiger partial charge in [-0.15, -0.1) is 0 Å². The molecule has 0 aliphatic rings. The van der Waals surface area contributed by atoms with Gasteiger partial charge in [-0.25, -0.2) is 9.97 Å². The molecule has 0 fully saturated rings. The van der Waals surface area contributed by atoms with Gasteiger partial charge >= 0.3 is 0 Å². The maximum absolute atomic E-state index is 4.83. The summed E-state index contributed by atoms with van der Waals surface area (Å²) in [6.45, 7) is 8.45. The Kier molecular flexibility index (Phi) is 4.98. The second-order valence-electron chi connectivity index (χ2n) is 8.42. The van der Waals surface area contributed by atoms with Crippen molar-refractivity contribution < 1.29 is 0 Å². The normalized spacial score (nSPS) is 11.1. The SMILES string of the molecule is Cc1cc(Nc2ccc(Nc3cc(C)c4cccc(C)c4n3)cc2)nc2c(C)cccc12. The molecular formula is C28H26N4. The highest BCUT2D eigenvalue weighted by Crippen LogP contribution is 2.27. The molecule has 2 aromatic heterocycles. The lowest BCUT2D eigenvalue weighted by molar-refractivity contribution is 1.31. The minimum Gasteiger partial charge on any atom is -0.340 e. The Morgan fingerprint density at radius 2 is 0.906 bits per heavy atom. The third-order valence-corrected chi connectivity index (χ3v) is 5.93. The first kappa shape index (κ1) is 20.0. The van der Waals surface area contributed by atoms with E-state index in [9.17, 15) is 0 Å². The van der Waals surface area contributed by atoms with E-state index in [4.69, 9.17) is 9.97 Å². The van der Waals surface area contributed by atoms with E-state index >= 15 is 0 Å². The number of para-hydroxylation sites is 2. The van der Waals surface area contributed by atoms with Crippen molar-refractivity contribution >= 4 is 44.8 Å². The van der Waals surface area contributed by atoms with Crippen LogP contribution in [0.15, 0.2) is 72.8 Å². The lowest BCUT2D eigenvalue weighted by atomic mass is 10.1. The zero-order valence-electron chi connectivity index (χ0n) is 18.8. The molecule has 0 unspecified atom stereocenters. The quantitative estimate of drug-likeness (QED) is 0.317. The maximum atomic E-state index is 4.83. The first-order chi connectivity index (χ1) is 15.5. The molecule has 4 nitrogen and oxygen atoms in total. The van der Waals surface area contributed by atoms with Crippen molar-refractivity contribution in [2.75, 3.05) is 10.6 Å². The number of hydrogen-bond acceptors (Lipinski definition) is 4. The van der Waals surface area contributed by atoms with Gasteiger partial charge in [0, 0.05) is 22.1 Å². The average Bonchev–Trinajstić information content (AvgIpc) is 2.77. The molecule has 158 valence electrons. The Morgan fingerprint density at radius 3 is 1.31 bits per heavy atom. The lowest BCUT2D eigenvalue weighted by Gasteiger charge is -2.12. The van der Waals surface area contributed by atoms with Crippen LogP contribution >= 0.6 is 0 Å². The molecule has 4 heteroatoms. The van der Waals surface area contributed by atoms with Gasteiger partial charge in [-0.05, 0) is 86.3 Å². The Labute approximate surface area is 188 Å². The highest BCUT2D eigenvalue weighted by molar-refractivity contribution is 5.88. The predicted octanol–water partition coefficient (Wildman–Crippen LogP) is 7.50. The number of pyridine rings is 2. The minimum atomic E-state index is 0.854. The van der Waals surface area contributed by atoms with E-state index < -0.39 is 0 Å². The number of nitrogens with one attached hydrogen (secondary N) is 2. The number of benzene rings is 3. The highest BCUT2D eigenvalue weighted by Gasteiger charge is 2.07. The molecule has 0 aliphatic carbocycles. The fraction of sp³-hybridized carbons (Fsp3) is 0.143. The summed E-state index contributed by atoms with van der Waals surface area (Å²) in [4.78, 5) is 9.66. The molecule has 0 radical (unpaired) electrons. The standard InChI is InChI=1S/C28H26N4/c1-17-7-5-9-23-19(3)15-25(31-27(17)23)29-21-11-13-22(14-12-21)30-26-16-20(4)24-10-6-8-18(2)28(24)32-26/h5-16H,1-4H3,(H,29,31)(H,30,32). The van der Waals surface area contributed by atoms with Crippen molar-refractivity contribution in [3.63, 3.8) is 0 Å². The molecular weight excluding hydrogens is 392 g/mol. The third kappa shape index (κ3) is 3.76. The average molecular weight is 419 g/mol. The topological polar surface area (TPSA) is 49.8 Å². The number of hydrogen-bond donors (Lipinski definition) is 2. The van der Waals surface area contributed by atoms with Crippen LogP contribution in [-0.2, 0) is 0 Å². The van der Waals surface area contributed by atoms with Crippen LogP contribution in [0, 0.1) is 27.7 Å². The van der Waals surface area contributed by atoms with Crippen molar-refractivity contribution in [1.29, 1.82) is 0 Å². The Bertz CT molecular complexity index is 1340. The van der Waals surface area contributed by atoms with E-state index in [2.05, 4.69) is 111 Å². The summed E-state index contributed by atoms with van der Waals surface area (Å²) in [6, 6.07) is 25.0. The Hall–Kier alpha value is -3.92. The van der Waals surface area contributed by atoms with Crippen molar-refractivity contribution in [3.8, 4) is 0 Å². The monoisotopic (exact) mass is 418 g/mol. The van der Waals surface area contributed by atoms with E-state index in [0.29, 0.717) is 0 Å². The molecule has 0 saturated heterocycles. The van der Waals surface area contributed by atoms with Crippen molar-refractivity contribution in [1.82, 2.24) is 9.97 Å². The molecule has 32 heavy (non-hydrogen) atoms. The third-order valence-electron chi connectivity index (χ3n) is 5.93. The van der Waals surface area contributed by atoms with Crippen LogP contribution in [0.2, 0.25) is 0 Å². The van der Waals surface area contributed by atoms with Gasteiger partial charge < -0.3 is 10.6 Å². The molecule has 2 heterocycles. The van der Waals surface area contributed by atoms with Gasteiger partial charge in [0.25, 0.3) is 0 Å². The molecule has 2 N–H and O–H groups in total. The van der Waals surface area contributed by atoms with Gasteiger partial charge in [0.15, 0.2) is 0 Å². The molecule has 0 bridgehead atoms. The van der Waals surface area contributed by atoms with Crippen LogP contribution in [0.4, 0.5) is 23.0 Å². The summed E-state index contributed by atoms with van der Waals surface area (Å²) in [7, 11) is 0. The summed E-state index contributed by atoms with van der Waals surface area (Å²) in [5, 5.41) is 9.28. The molecule has 0 spiro atoms. The van der Waals surface area contributed by atoms with Crippen LogP contribution in [0.25, 0.3) is 21.8 Å². The van der Waals surface area contributed by atoms with Crippen LogP contribution in [-0.4, -0.2) is 9.97 Å². The largest absolute Gasteiger partial charge is 0.340 e. The van der Waals surface area contributed by atoms with E-state index in [1.54, 1.807) is 0 Å². The Balaban J connectivity index is 1.38. The number of rotatable bonds is 4. The second kappa shape index (κ2) is 7.97. The lowest BCUT2D eigenvalue weighted by Crippen LogP contribution is -1.98. The first-order valence-corrected chi connectivity index (χ1v) is 10.9. The van der Waals surface area contributed by atoms with Gasteiger partial charge in [-0.3, -0.25) is 0 Å². The predicted molar refractivity (Wildman–Crippen MR) is 135 cm³/mol. The summed E-state index contributed by atoms with van der Waals surface area (Å²) in [5.74, 6) is 1.71. The molecule has 3 aromatic carbocycles. The zero-order valence-corrected chi connectivity index (χ0v) is 18.8. The number of aromatic nitrogens is 2. The molecule has 5 rings (SSSR count). The molecule has 0 atom stereocenters. The van der Waals surface area contributed by atoms with Crippen LogP contribution < -0.4 is 10.6 Å². The van der Waals surface area contributed by atoms with Crippen LogP contribution in [0.3, 0.4) is 0 Å². The maximum Gasteiger partial charge on any atom is 0.131 e. The smallest absolute Gasteiger partial charge is 0.131 e. The van der Waals surface area contributed by atoms with Gasteiger partial charge in [0.1, 0.15) is 11.6 Å². The second-order valence-corrected chi connectivity index (χ2v) is 8.42. The summed E-state index contributed by atoms with van der Waals surface area (Å²) < 4.78 is 0. The summed E-state index contributed by atoms with van der Waals surface area (Å²) in [6.07, 6.45) is 0. The number of anilines is 4. The fourth-order valence-corrected chi connectivity index (χ4v) is 4.18. The van der Waals surface area contributed by atoms with Crippen molar-refractivity contribution in [2.24, 2.45) is 0 Å². The Morgan fingerprint density at radius 1 is 0.500 bits per heavy atom. The number of aryl methyl sites for hydroxylation is 4. The van der Waals surface area contributed by atoms with Gasteiger partial charge in [0.2, 0.25) is 0 Å². The number of fused-ring (bicyclic) bond motifs is 2. The van der Waals surface area contributed by atoms with Gasteiger partial charge in [-0.2, -0.15) is 0 Å². The van der Waals surface area contributed by atoms with Crippen molar-refractivity contribution in [2.45, 2.75) is 27.7 Å². The summed E-state index contributed by atoms with van der Waals surface area (Å²) >= 11 is 0. The van der Waals surface area contributed by atoms with E-state index in [0.717, 1.165) is 34.0 Å². The van der Waals surface area contributed by atoms with E-state index in [-0.39, 0.29) is 0 Å². The molecule has 0 amide bonds. The summed E-state index contributed by atoms with van der Waals surface area (Å²) in [5.41, 5.74) is 8.87. The molecule has 0 saturated carbocycles. The van der Waals surface area contributed by atoms with E-state index in [1.807, 2.05) is 0 Å². The molecule has 5 aromatic rings. The van der Waals surface area contributed by atoms with Crippen LogP contribution in [0.1, 0.15) is 22.3 Å². The molecule has 0 aliphatic heterocycles. The first-order valence-electron chi connectivity index (χ1n) is 10.9. The van der Waals surface area contributed by atoms with E-state index in [1.165, 1.54) is 33.0 Å². The minimum absolute atomic E-state index is 0.854. The number of nitrogens with zero attached hydrogens (tertiary/aromatic N) is 2.